The van der Waals surface area contributed by atoms with Crippen molar-refractivity contribution in [1.29, 1.82) is 0 Å². The Balaban J connectivity index is 2.50. The normalized spacial score (nSPS) is 30.0. The van der Waals surface area contributed by atoms with Crippen molar-refractivity contribution < 1.29 is 9.84 Å². The molecule has 0 amide bonds. The lowest BCUT2D eigenvalue weighted by atomic mass is 9.87. The molecule has 1 aliphatic rings. The lowest BCUT2D eigenvalue weighted by Gasteiger charge is -2.32. The van der Waals surface area contributed by atoms with Gasteiger partial charge in [-0.1, -0.05) is 6.92 Å². The first-order valence-electron chi connectivity index (χ1n) is 5.26. The maximum Gasteiger partial charge on any atom is 0.0483 e. The predicted octanol–water partition coefficient (Wildman–Crippen LogP) is 0.918. The van der Waals surface area contributed by atoms with Crippen molar-refractivity contribution in [2.45, 2.75) is 38.1 Å². The highest BCUT2D eigenvalue weighted by Gasteiger charge is 2.29. The second kappa shape index (κ2) is 5.58. The first-order chi connectivity index (χ1) is 6.33. The van der Waals surface area contributed by atoms with Crippen molar-refractivity contribution in [1.82, 2.24) is 5.32 Å². The van der Waals surface area contributed by atoms with Crippen LogP contribution in [0, 0.1) is 0 Å². The van der Waals surface area contributed by atoms with E-state index in [2.05, 4.69) is 12.2 Å². The maximum absolute atomic E-state index is 9.02. The van der Waals surface area contributed by atoms with Gasteiger partial charge in [-0.05, 0) is 32.2 Å². The first-order valence-corrected chi connectivity index (χ1v) is 5.26. The van der Waals surface area contributed by atoms with Crippen molar-refractivity contribution in [2.75, 3.05) is 26.4 Å². The molecule has 1 aliphatic heterocycles. The highest BCUT2D eigenvalue weighted by atomic mass is 16.5. The van der Waals surface area contributed by atoms with Gasteiger partial charge in [-0.2, -0.15) is 0 Å². The van der Waals surface area contributed by atoms with Crippen LogP contribution >= 0.6 is 0 Å². The molecule has 0 bridgehead atoms. The van der Waals surface area contributed by atoms with Gasteiger partial charge in [0.1, 0.15) is 0 Å². The molecule has 0 saturated carbocycles. The van der Waals surface area contributed by atoms with E-state index in [0.717, 1.165) is 45.4 Å². The Morgan fingerprint density at radius 2 is 2.23 bits per heavy atom. The van der Waals surface area contributed by atoms with Crippen molar-refractivity contribution in [3.63, 3.8) is 0 Å². The van der Waals surface area contributed by atoms with Crippen LogP contribution in [0.2, 0.25) is 0 Å². The molecule has 3 heteroatoms. The third-order valence-electron chi connectivity index (χ3n) is 2.81. The highest BCUT2D eigenvalue weighted by Crippen LogP contribution is 2.24. The van der Waals surface area contributed by atoms with Crippen LogP contribution in [0.4, 0.5) is 0 Å². The summed E-state index contributed by atoms with van der Waals surface area (Å²) < 4.78 is 5.42. The molecule has 3 nitrogen and oxygen atoms in total. The summed E-state index contributed by atoms with van der Waals surface area (Å²) in [6, 6.07) is 0. The van der Waals surface area contributed by atoms with Gasteiger partial charge in [0.25, 0.3) is 0 Å². The summed E-state index contributed by atoms with van der Waals surface area (Å²) in [7, 11) is 0. The summed E-state index contributed by atoms with van der Waals surface area (Å²) in [5.74, 6) is 0. The molecular formula is C10H21NO2. The van der Waals surface area contributed by atoms with Gasteiger partial charge in [-0.3, -0.25) is 0 Å². The quantitative estimate of drug-likeness (QED) is 0.687. The average Bonchev–Trinajstić information content (AvgIpc) is 2.32. The summed E-state index contributed by atoms with van der Waals surface area (Å²) in [4.78, 5) is 0. The molecule has 2 N–H and O–H groups in total. The molecular weight excluding hydrogens is 166 g/mol. The van der Waals surface area contributed by atoms with Crippen molar-refractivity contribution in [3.05, 3.63) is 0 Å². The van der Waals surface area contributed by atoms with E-state index in [-0.39, 0.29) is 12.1 Å². The lowest BCUT2D eigenvalue weighted by Crippen LogP contribution is -2.46. The van der Waals surface area contributed by atoms with E-state index >= 15 is 0 Å². The zero-order valence-electron chi connectivity index (χ0n) is 8.51. The Morgan fingerprint density at radius 1 is 1.38 bits per heavy atom. The third kappa shape index (κ3) is 3.25. The van der Waals surface area contributed by atoms with Gasteiger partial charge in [-0.25, -0.2) is 0 Å². The number of aliphatic hydroxyl groups is 1. The monoisotopic (exact) mass is 187 g/mol. The number of aliphatic hydroxyl groups excluding tert-OH is 1. The minimum Gasteiger partial charge on any atom is -0.396 e. The van der Waals surface area contributed by atoms with E-state index in [1.807, 2.05) is 0 Å². The Bertz CT molecular complexity index is 123. The minimum absolute atomic E-state index is 0.139. The molecule has 0 aromatic carbocycles. The van der Waals surface area contributed by atoms with E-state index in [1.54, 1.807) is 0 Å². The maximum atomic E-state index is 9.02. The van der Waals surface area contributed by atoms with E-state index in [4.69, 9.17) is 9.84 Å². The summed E-state index contributed by atoms with van der Waals surface area (Å²) in [5, 5.41) is 12.5. The lowest BCUT2D eigenvalue weighted by molar-refractivity contribution is 0.130. The Kier molecular flexibility index (Phi) is 4.70. The molecule has 78 valence electrons. The number of rotatable bonds is 4. The molecule has 1 fully saturated rings. The molecule has 1 saturated heterocycles. The molecule has 0 radical (unpaired) electrons. The van der Waals surface area contributed by atoms with Crippen molar-refractivity contribution in [2.24, 2.45) is 0 Å². The molecule has 1 atom stereocenters. The second-order valence-corrected chi connectivity index (χ2v) is 3.75. The number of hydrogen-bond donors (Lipinski definition) is 2. The number of ether oxygens (including phenoxy) is 1. The SMILES string of the molecule is CCNC1(CCO)CCCOCC1. The smallest absolute Gasteiger partial charge is 0.0483 e. The average molecular weight is 187 g/mol. The van der Waals surface area contributed by atoms with Gasteiger partial charge in [0, 0.05) is 25.4 Å². The minimum atomic E-state index is 0.139. The van der Waals surface area contributed by atoms with Crippen LogP contribution in [0.5, 0.6) is 0 Å². The summed E-state index contributed by atoms with van der Waals surface area (Å²) in [6.07, 6.45) is 4.11. The van der Waals surface area contributed by atoms with Gasteiger partial charge in [0.05, 0.1) is 0 Å². The molecule has 13 heavy (non-hydrogen) atoms. The van der Waals surface area contributed by atoms with Crippen LogP contribution < -0.4 is 5.32 Å². The van der Waals surface area contributed by atoms with Gasteiger partial charge in [-0.15, -0.1) is 0 Å². The van der Waals surface area contributed by atoms with Crippen LogP contribution in [0.25, 0.3) is 0 Å². The molecule has 1 rings (SSSR count). The second-order valence-electron chi connectivity index (χ2n) is 3.75. The van der Waals surface area contributed by atoms with Crippen LogP contribution in [0.1, 0.15) is 32.6 Å². The Morgan fingerprint density at radius 3 is 2.92 bits per heavy atom. The predicted molar refractivity (Wildman–Crippen MR) is 52.8 cm³/mol. The van der Waals surface area contributed by atoms with E-state index in [9.17, 15) is 0 Å². The topological polar surface area (TPSA) is 41.5 Å². The Labute approximate surface area is 80.5 Å². The van der Waals surface area contributed by atoms with Crippen LogP contribution in [0.15, 0.2) is 0 Å². The molecule has 0 aliphatic carbocycles. The molecule has 0 aromatic heterocycles. The fraction of sp³-hybridized carbons (Fsp3) is 1.00. The van der Waals surface area contributed by atoms with E-state index in [0.29, 0.717) is 0 Å². The Hall–Kier alpha value is -0.120. The van der Waals surface area contributed by atoms with Crippen LogP contribution in [-0.2, 0) is 4.74 Å². The van der Waals surface area contributed by atoms with Crippen LogP contribution in [-0.4, -0.2) is 37.0 Å². The van der Waals surface area contributed by atoms with Gasteiger partial charge in [0.2, 0.25) is 0 Å². The summed E-state index contributed by atoms with van der Waals surface area (Å²) in [5.41, 5.74) is 0.139. The van der Waals surface area contributed by atoms with E-state index < -0.39 is 0 Å². The van der Waals surface area contributed by atoms with Gasteiger partial charge in [0.15, 0.2) is 0 Å². The zero-order valence-corrected chi connectivity index (χ0v) is 8.51. The van der Waals surface area contributed by atoms with Gasteiger partial charge < -0.3 is 15.2 Å². The number of nitrogens with one attached hydrogen (secondary N) is 1. The van der Waals surface area contributed by atoms with Crippen LogP contribution in [0.3, 0.4) is 0 Å². The number of hydrogen-bond acceptors (Lipinski definition) is 3. The molecule has 1 unspecified atom stereocenters. The fourth-order valence-electron chi connectivity index (χ4n) is 2.11. The molecule has 1 heterocycles. The summed E-state index contributed by atoms with van der Waals surface area (Å²) >= 11 is 0. The fourth-order valence-corrected chi connectivity index (χ4v) is 2.11. The first kappa shape index (κ1) is 11.0. The molecule has 0 aromatic rings. The zero-order chi connectivity index (χ0) is 9.57. The van der Waals surface area contributed by atoms with E-state index in [1.165, 1.54) is 0 Å². The molecule has 0 spiro atoms. The van der Waals surface area contributed by atoms with Crippen molar-refractivity contribution in [3.8, 4) is 0 Å². The summed E-state index contributed by atoms with van der Waals surface area (Å²) in [6.45, 7) is 5.06. The largest absolute Gasteiger partial charge is 0.396 e. The third-order valence-corrected chi connectivity index (χ3v) is 2.81. The van der Waals surface area contributed by atoms with Gasteiger partial charge >= 0.3 is 0 Å². The standard InChI is InChI=1S/C10H21NO2/c1-2-11-10(5-7-12)4-3-8-13-9-6-10/h11-12H,2-9H2,1H3. The highest BCUT2D eigenvalue weighted by molar-refractivity contribution is 4.88. The van der Waals surface area contributed by atoms with Crippen molar-refractivity contribution >= 4 is 0 Å².